The summed E-state index contributed by atoms with van der Waals surface area (Å²) in [5.41, 5.74) is 1.85. The van der Waals surface area contributed by atoms with Gasteiger partial charge in [0.1, 0.15) is 11.8 Å². The van der Waals surface area contributed by atoms with Crippen LogP contribution in [0.4, 0.5) is 0 Å². The average Bonchev–Trinajstić information content (AvgIpc) is 3.39. The molecule has 0 heterocycles. The van der Waals surface area contributed by atoms with Crippen LogP contribution in [0.15, 0.2) is 78.9 Å². The first kappa shape index (κ1) is 26.5. The summed E-state index contributed by atoms with van der Waals surface area (Å²) < 4.78 is 6.91. The number of amides is 2. The van der Waals surface area contributed by atoms with E-state index >= 15 is 0 Å². The van der Waals surface area contributed by atoms with E-state index in [4.69, 9.17) is 16.3 Å². The van der Waals surface area contributed by atoms with Crippen molar-refractivity contribution in [3.05, 3.63) is 98.6 Å². The molecule has 0 unspecified atom stereocenters. The van der Waals surface area contributed by atoms with Crippen LogP contribution in [0, 0.1) is 3.57 Å². The van der Waals surface area contributed by atoms with Crippen LogP contribution in [-0.4, -0.2) is 35.4 Å². The first-order valence-electron chi connectivity index (χ1n) is 12.2. The first-order valence-corrected chi connectivity index (χ1v) is 13.7. The summed E-state index contributed by atoms with van der Waals surface area (Å²) in [5.74, 6) is 0.230. The number of benzene rings is 3. The van der Waals surface area contributed by atoms with Gasteiger partial charge in [0.15, 0.2) is 6.61 Å². The fraction of sp³-hybridized carbons (Fsp3) is 0.310. The number of carbonyl (C=O) groups is 2. The smallest absolute Gasteiger partial charge is 0.261 e. The molecule has 4 rings (SSSR count). The molecule has 2 amide bonds. The van der Waals surface area contributed by atoms with E-state index < -0.39 is 6.04 Å². The lowest BCUT2D eigenvalue weighted by atomic mass is 10.0. The standard InChI is InChI=1S/C29H30ClIN2O3/c30-23-10-6-9-22(17-23)19-33(28(34)20-36-26-15-13-24(31)14-16-26)27(18-21-7-2-1-3-8-21)29(35)32-25-11-4-5-12-25/h1-3,6-10,13-17,25,27H,4-5,11-12,18-20H2,(H,32,35)/t27-/m0/s1. The van der Waals surface area contributed by atoms with Crippen molar-refractivity contribution in [3.8, 4) is 5.75 Å². The topological polar surface area (TPSA) is 58.6 Å². The highest BCUT2D eigenvalue weighted by atomic mass is 127. The molecule has 5 nitrogen and oxygen atoms in total. The molecule has 188 valence electrons. The molecule has 1 fully saturated rings. The second-order valence-corrected chi connectivity index (χ2v) is 10.8. The Labute approximate surface area is 231 Å². The number of halogens is 2. The minimum atomic E-state index is -0.681. The van der Waals surface area contributed by atoms with Crippen LogP contribution in [0.3, 0.4) is 0 Å². The minimum Gasteiger partial charge on any atom is -0.484 e. The summed E-state index contributed by atoms with van der Waals surface area (Å²) in [5, 5.41) is 3.80. The number of rotatable bonds is 10. The summed E-state index contributed by atoms with van der Waals surface area (Å²) >= 11 is 8.46. The maximum atomic E-state index is 13.6. The summed E-state index contributed by atoms with van der Waals surface area (Å²) in [6, 6.07) is 24.2. The van der Waals surface area contributed by atoms with E-state index in [9.17, 15) is 9.59 Å². The normalized spacial score (nSPS) is 14.3. The predicted octanol–water partition coefficient (Wildman–Crippen LogP) is 6.02. The Morgan fingerprint density at radius 3 is 2.36 bits per heavy atom. The summed E-state index contributed by atoms with van der Waals surface area (Å²) in [4.78, 5) is 28.9. The lowest BCUT2D eigenvalue weighted by molar-refractivity contribution is -0.143. The molecular weight excluding hydrogens is 587 g/mol. The SMILES string of the molecule is O=C(NC1CCCC1)[C@H](Cc1ccccc1)N(Cc1cccc(Cl)c1)C(=O)COc1ccc(I)cc1. The van der Waals surface area contributed by atoms with E-state index in [0.717, 1.165) is 40.4 Å². The summed E-state index contributed by atoms with van der Waals surface area (Å²) in [6.45, 7) is 0.0915. The number of hydrogen-bond donors (Lipinski definition) is 1. The van der Waals surface area contributed by atoms with Crippen molar-refractivity contribution < 1.29 is 14.3 Å². The van der Waals surface area contributed by atoms with Gasteiger partial charge in [-0.15, -0.1) is 0 Å². The highest BCUT2D eigenvalue weighted by Gasteiger charge is 2.32. The molecule has 1 saturated carbocycles. The van der Waals surface area contributed by atoms with Gasteiger partial charge in [-0.2, -0.15) is 0 Å². The molecule has 0 aliphatic heterocycles. The maximum absolute atomic E-state index is 13.6. The fourth-order valence-corrected chi connectivity index (χ4v) is 5.08. The van der Waals surface area contributed by atoms with Gasteiger partial charge < -0.3 is 15.0 Å². The third kappa shape index (κ3) is 7.71. The van der Waals surface area contributed by atoms with Gasteiger partial charge in [0.25, 0.3) is 5.91 Å². The van der Waals surface area contributed by atoms with E-state index in [1.807, 2.05) is 72.8 Å². The van der Waals surface area contributed by atoms with E-state index in [1.54, 1.807) is 11.0 Å². The van der Waals surface area contributed by atoms with Crippen molar-refractivity contribution in [2.24, 2.45) is 0 Å². The third-order valence-electron chi connectivity index (χ3n) is 6.39. The predicted molar refractivity (Wildman–Crippen MR) is 151 cm³/mol. The lowest BCUT2D eigenvalue weighted by Crippen LogP contribution is -2.53. The maximum Gasteiger partial charge on any atom is 0.261 e. The van der Waals surface area contributed by atoms with Crippen molar-refractivity contribution in [1.82, 2.24) is 10.2 Å². The molecule has 0 bridgehead atoms. The van der Waals surface area contributed by atoms with E-state index in [-0.39, 0.29) is 31.0 Å². The summed E-state index contributed by atoms with van der Waals surface area (Å²) in [7, 11) is 0. The number of nitrogens with zero attached hydrogens (tertiary/aromatic N) is 1. The quantitative estimate of drug-likeness (QED) is 0.284. The van der Waals surface area contributed by atoms with Gasteiger partial charge in [0.2, 0.25) is 5.91 Å². The number of hydrogen-bond acceptors (Lipinski definition) is 3. The van der Waals surface area contributed by atoms with Crippen LogP contribution in [0.25, 0.3) is 0 Å². The second-order valence-electron chi connectivity index (χ2n) is 9.09. The van der Waals surface area contributed by atoms with Gasteiger partial charge in [-0.25, -0.2) is 0 Å². The Balaban J connectivity index is 1.60. The zero-order valence-electron chi connectivity index (χ0n) is 20.0. The molecule has 0 spiro atoms. The largest absolute Gasteiger partial charge is 0.484 e. The molecule has 1 aliphatic rings. The molecule has 3 aromatic rings. The zero-order valence-corrected chi connectivity index (χ0v) is 23.0. The van der Waals surface area contributed by atoms with Gasteiger partial charge >= 0.3 is 0 Å². The van der Waals surface area contributed by atoms with Gasteiger partial charge in [-0.3, -0.25) is 9.59 Å². The van der Waals surface area contributed by atoms with E-state index in [2.05, 4.69) is 27.9 Å². The monoisotopic (exact) mass is 616 g/mol. The lowest BCUT2D eigenvalue weighted by Gasteiger charge is -2.32. The molecule has 0 radical (unpaired) electrons. The van der Waals surface area contributed by atoms with Crippen LogP contribution < -0.4 is 10.1 Å². The molecule has 36 heavy (non-hydrogen) atoms. The third-order valence-corrected chi connectivity index (χ3v) is 7.34. The Bertz CT molecular complexity index is 1150. The van der Waals surface area contributed by atoms with Crippen LogP contribution >= 0.6 is 34.2 Å². The zero-order chi connectivity index (χ0) is 25.3. The van der Waals surface area contributed by atoms with Crippen molar-refractivity contribution >= 4 is 46.0 Å². The van der Waals surface area contributed by atoms with Crippen molar-refractivity contribution in [2.45, 2.75) is 50.7 Å². The number of nitrogens with one attached hydrogen (secondary N) is 1. The van der Waals surface area contributed by atoms with Crippen molar-refractivity contribution in [2.75, 3.05) is 6.61 Å². The minimum absolute atomic E-state index is 0.129. The van der Waals surface area contributed by atoms with Crippen LogP contribution in [-0.2, 0) is 22.6 Å². The van der Waals surface area contributed by atoms with Crippen molar-refractivity contribution in [3.63, 3.8) is 0 Å². The van der Waals surface area contributed by atoms with Gasteiger partial charge in [0.05, 0.1) is 0 Å². The molecule has 0 aromatic heterocycles. The average molecular weight is 617 g/mol. The molecule has 1 N–H and O–H groups in total. The van der Waals surface area contributed by atoms with Gasteiger partial charge in [-0.05, 0) is 83.0 Å². The second kappa shape index (κ2) is 13.1. The molecule has 0 saturated heterocycles. The fourth-order valence-electron chi connectivity index (χ4n) is 4.51. The summed E-state index contributed by atoms with van der Waals surface area (Å²) in [6.07, 6.45) is 4.59. The molecule has 7 heteroatoms. The highest BCUT2D eigenvalue weighted by Crippen LogP contribution is 2.21. The Morgan fingerprint density at radius 1 is 0.972 bits per heavy atom. The Kier molecular flexibility index (Phi) is 9.64. The molecule has 3 aromatic carbocycles. The first-order chi connectivity index (χ1) is 17.5. The Morgan fingerprint density at radius 2 is 1.67 bits per heavy atom. The number of carbonyl (C=O) groups excluding carboxylic acids is 2. The molecular formula is C29H30ClIN2O3. The number of ether oxygens (including phenoxy) is 1. The van der Waals surface area contributed by atoms with Gasteiger partial charge in [-0.1, -0.05) is 66.9 Å². The van der Waals surface area contributed by atoms with Crippen molar-refractivity contribution in [1.29, 1.82) is 0 Å². The molecule has 1 atom stereocenters. The van der Waals surface area contributed by atoms with E-state index in [0.29, 0.717) is 17.2 Å². The Hall–Kier alpha value is -2.58. The van der Waals surface area contributed by atoms with Crippen LogP contribution in [0.2, 0.25) is 5.02 Å². The van der Waals surface area contributed by atoms with Crippen LogP contribution in [0.5, 0.6) is 5.75 Å². The van der Waals surface area contributed by atoms with E-state index in [1.165, 1.54) is 0 Å². The highest BCUT2D eigenvalue weighted by molar-refractivity contribution is 14.1. The molecule has 1 aliphatic carbocycles. The van der Waals surface area contributed by atoms with Crippen LogP contribution in [0.1, 0.15) is 36.8 Å². The van der Waals surface area contributed by atoms with Gasteiger partial charge in [0, 0.05) is 27.6 Å².